The molecular formula is C20H15ClF3NO2S. The molecule has 0 saturated heterocycles. The molecule has 0 saturated carbocycles. The maximum atomic E-state index is 13.0. The SMILES string of the molecule is O=S(=O)(CC(c1ccccc1)c1ccccn1)c1cc(C(F)(F)F)ccc1Cl. The maximum Gasteiger partial charge on any atom is 0.416 e. The van der Waals surface area contributed by atoms with Crippen molar-refractivity contribution in [2.45, 2.75) is 17.0 Å². The Morgan fingerprint density at radius 1 is 0.964 bits per heavy atom. The van der Waals surface area contributed by atoms with E-state index in [1.54, 1.807) is 48.5 Å². The smallest absolute Gasteiger partial charge is 0.261 e. The van der Waals surface area contributed by atoms with Crippen LogP contribution in [0.1, 0.15) is 22.7 Å². The van der Waals surface area contributed by atoms with Crippen molar-refractivity contribution >= 4 is 21.4 Å². The molecule has 0 amide bonds. The zero-order valence-electron chi connectivity index (χ0n) is 14.4. The molecule has 2 aromatic carbocycles. The van der Waals surface area contributed by atoms with Gasteiger partial charge in [-0.15, -0.1) is 0 Å². The maximum absolute atomic E-state index is 13.0. The number of aromatic nitrogens is 1. The summed E-state index contributed by atoms with van der Waals surface area (Å²) in [5.74, 6) is -1.12. The Bertz CT molecular complexity index is 1020. The van der Waals surface area contributed by atoms with E-state index in [0.717, 1.165) is 12.1 Å². The van der Waals surface area contributed by atoms with Gasteiger partial charge in [0.05, 0.1) is 21.2 Å². The molecular weight excluding hydrogens is 411 g/mol. The van der Waals surface area contributed by atoms with E-state index in [1.807, 2.05) is 0 Å². The lowest BCUT2D eigenvalue weighted by Crippen LogP contribution is -2.18. The number of halogens is 4. The van der Waals surface area contributed by atoms with Gasteiger partial charge in [-0.25, -0.2) is 8.42 Å². The minimum Gasteiger partial charge on any atom is -0.261 e. The molecule has 1 atom stereocenters. The van der Waals surface area contributed by atoms with Gasteiger partial charge in [-0.05, 0) is 35.9 Å². The molecule has 0 radical (unpaired) electrons. The van der Waals surface area contributed by atoms with Gasteiger partial charge in [-0.1, -0.05) is 48.0 Å². The summed E-state index contributed by atoms with van der Waals surface area (Å²) in [4.78, 5) is 3.69. The zero-order chi connectivity index (χ0) is 20.4. The van der Waals surface area contributed by atoms with Crippen molar-refractivity contribution in [3.8, 4) is 0 Å². The van der Waals surface area contributed by atoms with Crippen molar-refractivity contribution < 1.29 is 21.6 Å². The van der Waals surface area contributed by atoms with Crippen LogP contribution in [-0.2, 0) is 16.0 Å². The number of benzene rings is 2. The highest BCUT2D eigenvalue weighted by Crippen LogP contribution is 2.35. The van der Waals surface area contributed by atoms with Crippen LogP contribution in [0, 0.1) is 0 Å². The van der Waals surface area contributed by atoms with Crippen molar-refractivity contribution in [1.82, 2.24) is 4.98 Å². The first-order valence-electron chi connectivity index (χ1n) is 8.24. The number of hydrogen-bond donors (Lipinski definition) is 0. The van der Waals surface area contributed by atoms with E-state index >= 15 is 0 Å². The van der Waals surface area contributed by atoms with Crippen LogP contribution in [0.3, 0.4) is 0 Å². The third kappa shape index (κ3) is 4.54. The monoisotopic (exact) mass is 425 g/mol. The molecule has 0 aliphatic heterocycles. The standard InChI is InChI=1S/C20H15ClF3NO2S/c21-17-10-9-15(20(22,23)24)12-19(17)28(26,27)13-16(14-6-2-1-3-7-14)18-8-4-5-11-25-18/h1-12,16H,13H2. The summed E-state index contributed by atoms with van der Waals surface area (Å²) in [6.07, 6.45) is -3.14. The van der Waals surface area contributed by atoms with E-state index in [1.165, 1.54) is 6.20 Å². The highest BCUT2D eigenvalue weighted by Gasteiger charge is 2.34. The second kappa shape index (κ2) is 7.93. The van der Waals surface area contributed by atoms with Gasteiger partial charge in [-0.2, -0.15) is 13.2 Å². The Morgan fingerprint density at radius 2 is 1.64 bits per heavy atom. The number of pyridine rings is 1. The second-order valence-electron chi connectivity index (χ2n) is 6.14. The predicted octanol–water partition coefficient (Wildman–Crippen LogP) is 5.36. The summed E-state index contributed by atoms with van der Waals surface area (Å²) in [5, 5.41) is -0.249. The largest absolute Gasteiger partial charge is 0.416 e. The van der Waals surface area contributed by atoms with Gasteiger partial charge in [0.1, 0.15) is 0 Å². The number of alkyl halides is 3. The minimum atomic E-state index is -4.67. The predicted molar refractivity (Wildman–Crippen MR) is 101 cm³/mol. The van der Waals surface area contributed by atoms with Gasteiger partial charge in [-0.3, -0.25) is 4.98 Å². The highest BCUT2D eigenvalue weighted by atomic mass is 35.5. The molecule has 3 rings (SSSR count). The third-order valence-corrected chi connectivity index (χ3v) is 6.45. The van der Waals surface area contributed by atoms with Gasteiger partial charge >= 0.3 is 6.18 Å². The normalized spacial score (nSPS) is 13.3. The summed E-state index contributed by atoms with van der Waals surface area (Å²) in [5.41, 5.74) is 0.123. The summed E-state index contributed by atoms with van der Waals surface area (Å²) in [6.45, 7) is 0. The molecule has 0 bridgehead atoms. The molecule has 0 N–H and O–H groups in total. The fraction of sp³-hybridized carbons (Fsp3) is 0.150. The molecule has 28 heavy (non-hydrogen) atoms. The van der Waals surface area contributed by atoms with Gasteiger partial charge in [0, 0.05) is 17.8 Å². The Labute approximate surface area is 165 Å². The van der Waals surface area contributed by atoms with Crippen LogP contribution < -0.4 is 0 Å². The molecule has 146 valence electrons. The van der Waals surface area contributed by atoms with E-state index in [9.17, 15) is 21.6 Å². The number of sulfone groups is 1. The van der Waals surface area contributed by atoms with E-state index in [0.29, 0.717) is 17.3 Å². The average Bonchev–Trinajstić information content (AvgIpc) is 2.67. The van der Waals surface area contributed by atoms with Crippen LogP contribution in [0.15, 0.2) is 77.8 Å². The van der Waals surface area contributed by atoms with Gasteiger partial charge in [0.15, 0.2) is 9.84 Å². The lowest BCUT2D eigenvalue weighted by molar-refractivity contribution is -0.137. The quantitative estimate of drug-likeness (QED) is 0.553. The van der Waals surface area contributed by atoms with Crippen LogP contribution in [0.4, 0.5) is 13.2 Å². The lowest BCUT2D eigenvalue weighted by atomic mass is 9.97. The lowest BCUT2D eigenvalue weighted by Gasteiger charge is -2.18. The molecule has 8 heteroatoms. The van der Waals surface area contributed by atoms with E-state index in [-0.39, 0.29) is 5.02 Å². The van der Waals surface area contributed by atoms with Gasteiger partial charge in [0.2, 0.25) is 0 Å². The Hall–Kier alpha value is -2.38. The van der Waals surface area contributed by atoms with E-state index in [4.69, 9.17) is 11.6 Å². The molecule has 0 spiro atoms. The van der Waals surface area contributed by atoms with Gasteiger partial charge in [0.25, 0.3) is 0 Å². The zero-order valence-corrected chi connectivity index (χ0v) is 16.0. The van der Waals surface area contributed by atoms with Crippen LogP contribution in [0.25, 0.3) is 0 Å². The molecule has 3 aromatic rings. The number of rotatable bonds is 5. The van der Waals surface area contributed by atoms with Crippen molar-refractivity contribution in [3.63, 3.8) is 0 Å². The van der Waals surface area contributed by atoms with Crippen molar-refractivity contribution in [1.29, 1.82) is 0 Å². The average molecular weight is 426 g/mol. The molecule has 0 fully saturated rings. The first-order chi connectivity index (χ1) is 13.2. The minimum absolute atomic E-state index is 0.249. The van der Waals surface area contributed by atoms with Crippen LogP contribution >= 0.6 is 11.6 Å². The number of nitrogens with zero attached hydrogens (tertiary/aromatic N) is 1. The van der Waals surface area contributed by atoms with E-state index in [2.05, 4.69) is 4.98 Å². The summed E-state index contributed by atoms with van der Waals surface area (Å²) < 4.78 is 65.1. The summed E-state index contributed by atoms with van der Waals surface area (Å²) >= 11 is 5.94. The fourth-order valence-electron chi connectivity index (χ4n) is 2.85. The molecule has 3 nitrogen and oxygen atoms in total. The third-order valence-electron chi connectivity index (χ3n) is 4.23. The van der Waals surface area contributed by atoms with Crippen LogP contribution in [0.2, 0.25) is 5.02 Å². The van der Waals surface area contributed by atoms with Crippen LogP contribution in [0.5, 0.6) is 0 Å². The molecule has 1 unspecified atom stereocenters. The first kappa shape index (κ1) is 20.4. The van der Waals surface area contributed by atoms with Crippen LogP contribution in [-0.4, -0.2) is 19.2 Å². The van der Waals surface area contributed by atoms with E-state index < -0.39 is 38.1 Å². The Morgan fingerprint density at radius 3 is 2.25 bits per heavy atom. The molecule has 0 aliphatic rings. The molecule has 0 aliphatic carbocycles. The first-order valence-corrected chi connectivity index (χ1v) is 10.3. The molecule has 1 heterocycles. The van der Waals surface area contributed by atoms with Crippen molar-refractivity contribution in [3.05, 3.63) is 94.8 Å². The Kier molecular flexibility index (Phi) is 5.76. The number of hydrogen-bond acceptors (Lipinski definition) is 3. The topological polar surface area (TPSA) is 47.0 Å². The fourth-order valence-corrected chi connectivity index (χ4v) is 4.97. The Balaban J connectivity index is 2.06. The van der Waals surface area contributed by atoms with Gasteiger partial charge < -0.3 is 0 Å². The van der Waals surface area contributed by atoms with Crippen molar-refractivity contribution in [2.24, 2.45) is 0 Å². The molecule has 1 aromatic heterocycles. The summed E-state index contributed by atoms with van der Waals surface area (Å²) in [7, 11) is -4.14. The highest BCUT2D eigenvalue weighted by molar-refractivity contribution is 7.91. The van der Waals surface area contributed by atoms with Crippen molar-refractivity contribution in [2.75, 3.05) is 5.75 Å². The second-order valence-corrected chi connectivity index (χ2v) is 8.55. The summed E-state index contributed by atoms with van der Waals surface area (Å²) in [6, 6.07) is 16.2.